The minimum Gasteiger partial charge on any atom is -0.495 e. The zero-order valence-electron chi connectivity index (χ0n) is 22.7. The maximum atomic E-state index is 5.72. The van der Waals surface area contributed by atoms with Gasteiger partial charge >= 0.3 is 0 Å². The van der Waals surface area contributed by atoms with Crippen LogP contribution in [0.2, 0.25) is 0 Å². The Hall–Kier alpha value is -2.31. The Labute approximate surface area is 221 Å². The van der Waals surface area contributed by atoms with Gasteiger partial charge in [0.2, 0.25) is 0 Å². The number of hydrogen-bond donors (Lipinski definition) is 3. The van der Waals surface area contributed by atoms with Crippen LogP contribution in [0.15, 0.2) is 91.7 Å². The van der Waals surface area contributed by atoms with E-state index < -0.39 is 0 Å². The summed E-state index contributed by atoms with van der Waals surface area (Å²) in [7, 11) is 1.50. The standard InChI is InChI=1S/C15H20O2.C7H8.C4H6.C2H6.CH5NS.CH5N/c1-2-13-6-3-4-7-14(13)9-11-17-15-8-5-10-16-12-15;1-7-5-3-2-4-6-7;1-3-4-2;1-2;2-1-3;1-2/h3-4,6-8H,2,5,9-12H2,1H3;2-6H,1H3;3-4H,1-2H2;1-2H3;3H,1-2H2;2H2,1H3. The normalized spacial score (nSPS) is 10.7. The molecule has 1 heterocycles. The van der Waals surface area contributed by atoms with Crippen molar-refractivity contribution >= 4 is 12.6 Å². The molecule has 198 valence electrons. The lowest BCUT2D eigenvalue weighted by atomic mass is 10.0. The van der Waals surface area contributed by atoms with E-state index in [1.807, 2.05) is 32.0 Å². The zero-order valence-corrected chi connectivity index (χ0v) is 23.6. The first kappa shape index (κ1) is 37.2. The molecule has 0 aromatic heterocycles. The molecule has 0 unspecified atom stereocenters. The number of allylic oxidation sites excluding steroid dienone is 2. The van der Waals surface area contributed by atoms with Gasteiger partial charge in [-0.05, 0) is 44.0 Å². The summed E-state index contributed by atoms with van der Waals surface area (Å²) in [6, 6.07) is 18.8. The molecule has 0 radical (unpaired) electrons. The Morgan fingerprint density at radius 2 is 1.49 bits per heavy atom. The Balaban J connectivity index is -0.000000470. The molecule has 0 atom stereocenters. The molecular weight excluding hydrogens is 452 g/mol. The van der Waals surface area contributed by atoms with Gasteiger partial charge in [0.25, 0.3) is 0 Å². The number of rotatable bonds is 6. The summed E-state index contributed by atoms with van der Waals surface area (Å²) in [4.78, 5) is 0. The molecule has 0 saturated carbocycles. The van der Waals surface area contributed by atoms with E-state index in [0.29, 0.717) is 12.5 Å². The monoisotopic (exact) mass is 502 g/mol. The van der Waals surface area contributed by atoms with E-state index in [2.05, 4.69) is 87.8 Å². The van der Waals surface area contributed by atoms with Gasteiger partial charge in [0.1, 0.15) is 12.4 Å². The Bertz CT molecular complexity index is 728. The van der Waals surface area contributed by atoms with Crippen LogP contribution in [0.4, 0.5) is 0 Å². The molecule has 1 aliphatic rings. The van der Waals surface area contributed by atoms with Crippen LogP contribution < -0.4 is 11.5 Å². The van der Waals surface area contributed by atoms with Gasteiger partial charge in [0, 0.05) is 12.3 Å². The summed E-state index contributed by atoms with van der Waals surface area (Å²) in [6.45, 7) is 17.2. The van der Waals surface area contributed by atoms with E-state index in [0.717, 1.165) is 38.2 Å². The number of hydrogen-bond acceptors (Lipinski definition) is 5. The first-order valence-electron chi connectivity index (χ1n) is 12.2. The minimum atomic E-state index is 0.444. The third-order valence-electron chi connectivity index (χ3n) is 4.14. The van der Waals surface area contributed by atoms with Crippen LogP contribution in [-0.2, 0) is 22.3 Å². The number of thiol groups is 1. The molecule has 0 bridgehead atoms. The van der Waals surface area contributed by atoms with Crippen molar-refractivity contribution in [3.8, 4) is 0 Å². The van der Waals surface area contributed by atoms with E-state index in [1.54, 1.807) is 12.2 Å². The van der Waals surface area contributed by atoms with Crippen molar-refractivity contribution in [2.24, 2.45) is 11.5 Å². The van der Waals surface area contributed by atoms with Gasteiger partial charge < -0.3 is 20.9 Å². The smallest absolute Gasteiger partial charge is 0.118 e. The Morgan fingerprint density at radius 1 is 0.971 bits per heavy atom. The molecule has 4 nitrogen and oxygen atoms in total. The summed E-state index contributed by atoms with van der Waals surface area (Å²) in [6.07, 6.45) is 8.44. The summed E-state index contributed by atoms with van der Waals surface area (Å²) in [5, 5.41) is 0. The fourth-order valence-corrected chi connectivity index (χ4v) is 2.61. The fraction of sp³-hybridized carbons (Fsp3) is 0.400. The Morgan fingerprint density at radius 3 is 1.89 bits per heavy atom. The maximum Gasteiger partial charge on any atom is 0.118 e. The first-order chi connectivity index (χ1) is 17.1. The molecule has 0 saturated heterocycles. The minimum absolute atomic E-state index is 0.444. The van der Waals surface area contributed by atoms with E-state index in [9.17, 15) is 0 Å². The van der Waals surface area contributed by atoms with Crippen molar-refractivity contribution in [1.29, 1.82) is 0 Å². The molecule has 0 spiro atoms. The molecule has 5 heteroatoms. The highest BCUT2D eigenvalue weighted by atomic mass is 32.1. The second-order valence-electron chi connectivity index (χ2n) is 6.54. The molecule has 35 heavy (non-hydrogen) atoms. The molecule has 3 rings (SSSR count). The van der Waals surface area contributed by atoms with Crippen molar-refractivity contribution in [2.75, 3.05) is 32.7 Å². The van der Waals surface area contributed by atoms with Crippen LogP contribution in [0.3, 0.4) is 0 Å². The quantitative estimate of drug-likeness (QED) is 0.228. The predicted molar refractivity (Wildman–Crippen MR) is 160 cm³/mol. The van der Waals surface area contributed by atoms with Crippen LogP contribution in [0.25, 0.3) is 0 Å². The first-order valence-corrected chi connectivity index (χ1v) is 12.9. The molecule has 4 N–H and O–H groups in total. The lowest BCUT2D eigenvalue weighted by molar-refractivity contribution is 0.0861. The van der Waals surface area contributed by atoms with Crippen LogP contribution in [0, 0.1) is 6.92 Å². The number of ether oxygens (including phenoxy) is 2. The van der Waals surface area contributed by atoms with Crippen LogP contribution >= 0.6 is 12.6 Å². The van der Waals surface area contributed by atoms with Crippen molar-refractivity contribution < 1.29 is 9.47 Å². The van der Waals surface area contributed by atoms with Crippen molar-refractivity contribution in [3.05, 3.63) is 108 Å². The predicted octanol–water partition coefficient (Wildman–Crippen LogP) is 6.90. The summed E-state index contributed by atoms with van der Waals surface area (Å²) in [5.41, 5.74) is 13.4. The second kappa shape index (κ2) is 31.7. The van der Waals surface area contributed by atoms with Crippen LogP contribution in [0.5, 0.6) is 0 Å². The highest BCUT2D eigenvalue weighted by molar-refractivity contribution is 7.80. The molecule has 2 aromatic carbocycles. The number of nitrogens with two attached hydrogens (primary N) is 2. The van der Waals surface area contributed by atoms with Gasteiger partial charge in [0.05, 0.1) is 13.2 Å². The summed E-state index contributed by atoms with van der Waals surface area (Å²) < 4.78 is 11.1. The molecule has 2 aromatic rings. The molecule has 0 aliphatic carbocycles. The maximum absolute atomic E-state index is 5.72. The third-order valence-corrected chi connectivity index (χ3v) is 4.14. The van der Waals surface area contributed by atoms with Crippen LogP contribution in [0.1, 0.15) is 43.9 Å². The SMILES string of the molecule is C=CC=C.CC.CCc1ccccc1CCOC1=CCCOC1.CN.Cc1ccccc1.NCS. The Kier molecular flexibility index (Phi) is 33.7. The van der Waals surface area contributed by atoms with Crippen molar-refractivity contribution in [1.82, 2.24) is 0 Å². The van der Waals surface area contributed by atoms with Crippen molar-refractivity contribution in [2.45, 2.75) is 47.0 Å². The van der Waals surface area contributed by atoms with Gasteiger partial charge in [0.15, 0.2) is 0 Å². The van der Waals surface area contributed by atoms with Gasteiger partial charge in [-0.15, -0.1) is 0 Å². The summed E-state index contributed by atoms with van der Waals surface area (Å²) in [5.74, 6) is 1.44. The third kappa shape index (κ3) is 24.6. The zero-order chi connectivity index (χ0) is 27.2. The molecule has 1 aliphatic heterocycles. The highest BCUT2D eigenvalue weighted by Gasteiger charge is 2.05. The topological polar surface area (TPSA) is 70.5 Å². The van der Waals surface area contributed by atoms with Gasteiger partial charge in [-0.25, -0.2) is 0 Å². The second-order valence-corrected chi connectivity index (χ2v) is 6.91. The van der Waals surface area contributed by atoms with Crippen molar-refractivity contribution in [3.63, 3.8) is 0 Å². The average molecular weight is 503 g/mol. The fourth-order valence-electron chi connectivity index (χ4n) is 2.61. The average Bonchev–Trinajstić information content (AvgIpc) is 2.93. The number of benzene rings is 2. The molecule has 0 amide bonds. The lowest BCUT2D eigenvalue weighted by Gasteiger charge is -2.15. The van der Waals surface area contributed by atoms with E-state index in [4.69, 9.17) is 15.2 Å². The summed E-state index contributed by atoms with van der Waals surface area (Å²) >= 11 is 3.57. The molecular formula is C30H50N2O2S. The highest BCUT2D eigenvalue weighted by Crippen LogP contribution is 2.12. The molecule has 0 fully saturated rings. The van der Waals surface area contributed by atoms with Gasteiger partial charge in [-0.1, -0.05) is 106 Å². The largest absolute Gasteiger partial charge is 0.495 e. The number of aryl methyl sites for hydroxylation is 2. The van der Waals surface area contributed by atoms with E-state index in [1.165, 1.54) is 23.7 Å². The van der Waals surface area contributed by atoms with E-state index >= 15 is 0 Å². The lowest BCUT2D eigenvalue weighted by Crippen LogP contribution is -2.10. The van der Waals surface area contributed by atoms with Gasteiger partial charge in [-0.3, -0.25) is 0 Å². The van der Waals surface area contributed by atoms with Crippen LogP contribution in [-0.4, -0.2) is 32.7 Å². The van der Waals surface area contributed by atoms with Gasteiger partial charge in [-0.2, -0.15) is 12.6 Å². The van der Waals surface area contributed by atoms with E-state index in [-0.39, 0.29) is 0 Å².